The third kappa shape index (κ3) is 4.72. The van der Waals surface area contributed by atoms with Gasteiger partial charge in [-0.05, 0) is 62.1 Å². The van der Waals surface area contributed by atoms with Crippen LogP contribution in [0.25, 0.3) is 22.7 Å². The molecule has 7 heteroatoms. The monoisotopic (exact) mass is 443 g/mol. The van der Waals surface area contributed by atoms with Crippen LogP contribution in [0, 0.1) is 5.82 Å². The molecule has 1 unspecified atom stereocenters. The average Bonchev–Trinajstić information content (AvgIpc) is 3.31. The third-order valence-electron chi connectivity index (χ3n) is 5.89. The molecule has 168 valence electrons. The van der Waals surface area contributed by atoms with E-state index < -0.39 is 0 Å². The Hall–Kier alpha value is -3.74. The number of hydrogen-bond donors (Lipinski definition) is 1. The third-order valence-corrected chi connectivity index (χ3v) is 5.89. The Labute approximate surface area is 192 Å². The first kappa shape index (κ1) is 21.1. The maximum atomic E-state index is 13.6. The SMILES string of the molecule is CC(Nc1nccc(-c2oc(N3CCCCC3)nc2-c2ccc(F)cc2)n1)c1ccccc1. The zero-order valence-electron chi connectivity index (χ0n) is 18.5. The highest BCUT2D eigenvalue weighted by atomic mass is 19.1. The van der Waals surface area contributed by atoms with Crippen LogP contribution in [0.2, 0.25) is 0 Å². The lowest BCUT2D eigenvalue weighted by Gasteiger charge is -2.24. The topological polar surface area (TPSA) is 67.1 Å². The number of nitrogens with one attached hydrogen (secondary N) is 1. The second-order valence-electron chi connectivity index (χ2n) is 8.27. The molecular formula is C26H26FN5O. The van der Waals surface area contributed by atoms with E-state index in [9.17, 15) is 4.39 Å². The Bertz CT molecular complexity index is 1200. The van der Waals surface area contributed by atoms with Crippen LogP contribution in [0.3, 0.4) is 0 Å². The largest absolute Gasteiger partial charge is 0.421 e. The fourth-order valence-corrected chi connectivity index (χ4v) is 4.08. The highest BCUT2D eigenvalue weighted by Gasteiger charge is 2.23. The summed E-state index contributed by atoms with van der Waals surface area (Å²) in [4.78, 5) is 16.1. The summed E-state index contributed by atoms with van der Waals surface area (Å²) in [5.41, 5.74) is 3.20. The van der Waals surface area contributed by atoms with E-state index in [0.717, 1.165) is 37.1 Å². The van der Waals surface area contributed by atoms with Crippen molar-refractivity contribution in [3.63, 3.8) is 0 Å². The Morgan fingerprint density at radius 1 is 0.939 bits per heavy atom. The summed E-state index contributed by atoms with van der Waals surface area (Å²) in [6.45, 7) is 3.89. The highest BCUT2D eigenvalue weighted by molar-refractivity contribution is 5.76. The van der Waals surface area contributed by atoms with Crippen molar-refractivity contribution in [3.8, 4) is 22.7 Å². The maximum absolute atomic E-state index is 13.6. The van der Waals surface area contributed by atoms with Crippen molar-refractivity contribution in [2.75, 3.05) is 23.3 Å². The van der Waals surface area contributed by atoms with Crippen LogP contribution in [0.4, 0.5) is 16.4 Å². The summed E-state index contributed by atoms with van der Waals surface area (Å²) in [6.07, 6.45) is 5.15. The number of nitrogens with zero attached hydrogens (tertiary/aromatic N) is 4. The molecule has 0 bridgehead atoms. The van der Waals surface area contributed by atoms with Crippen LogP contribution in [0.1, 0.15) is 37.8 Å². The summed E-state index contributed by atoms with van der Waals surface area (Å²) in [5, 5.41) is 3.36. The molecule has 3 heterocycles. The molecule has 1 atom stereocenters. The number of rotatable bonds is 6. The summed E-state index contributed by atoms with van der Waals surface area (Å²) < 4.78 is 19.8. The molecule has 2 aromatic heterocycles. The second kappa shape index (κ2) is 9.40. The summed E-state index contributed by atoms with van der Waals surface area (Å²) in [6, 6.07) is 18.9. The molecule has 5 rings (SSSR count). The van der Waals surface area contributed by atoms with Crippen LogP contribution in [-0.2, 0) is 0 Å². The minimum Gasteiger partial charge on any atom is -0.421 e. The molecule has 2 aromatic carbocycles. The first-order valence-corrected chi connectivity index (χ1v) is 11.3. The molecule has 1 saturated heterocycles. The maximum Gasteiger partial charge on any atom is 0.298 e. The summed E-state index contributed by atoms with van der Waals surface area (Å²) in [7, 11) is 0. The highest BCUT2D eigenvalue weighted by Crippen LogP contribution is 2.36. The molecule has 1 fully saturated rings. The molecule has 33 heavy (non-hydrogen) atoms. The second-order valence-corrected chi connectivity index (χ2v) is 8.27. The lowest BCUT2D eigenvalue weighted by molar-refractivity contribution is 0.497. The van der Waals surface area contributed by atoms with Crippen molar-refractivity contribution in [3.05, 3.63) is 78.2 Å². The Morgan fingerprint density at radius 3 is 2.45 bits per heavy atom. The summed E-state index contributed by atoms with van der Waals surface area (Å²) in [5.74, 6) is 0.772. The van der Waals surface area contributed by atoms with Gasteiger partial charge in [-0.25, -0.2) is 14.4 Å². The normalized spacial score (nSPS) is 14.8. The van der Waals surface area contributed by atoms with Gasteiger partial charge in [0.25, 0.3) is 6.01 Å². The molecule has 0 amide bonds. The fraction of sp³-hybridized carbons (Fsp3) is 0.269. The van der Waals surface area contributed by atoms with Crippen LogP contribution in [0.5, 0.6) is 0 Å². The molecule has 6 nitrogen and oxygen atoms in total. The van der Waals surface area contributed by atoms with E-state index in [2.05, 4.69) is 34.3 Å². The standard InChI is InChI=1S/C26H26FN5O/c1-18(19-8-4-2-5-9-19)29-25-28-15-14-22(30-25)24-23(20-10-12-21(27)13-11-20)31-26(33-24)32-16-6-3-7-17-32/h2,4-5,8-15,18H,3,6-7,16-17H2,1H3,(H,28,29,30). The van der Waals surface area contributed by atoms with E-state index >= 15 is 0 Å². The molecule has 1 N–H and O–H groups in total. The van der Waals surface area contributed by atoms with Gasteiger partial charge in [-0.2, -0.15) is 4.98 Å². The molecule has 0 spiro atoms. The number of hydrogen-bond acceptors (Lipinski definition) is 6. The molecule has 1 aliphatic heterocycles. The van der Waals surface area contributed by atoms with Crippen LogP contribution >= 0.6 is 0 Å². The lowest BCUT2D eigenvalue weighted by atomic mass is 10.1. The smallest absolute Gasteiger partial charge is 0.298 e. The first-order valence-electron chi connectivity index (χ1n) is 11.3. The predicted molar refractivity (Wildman–Crippen MR) is 127 cm³/mol. The van der Waals surface area contributed by atoms with E-state index in [0.29, 0.717) is 29.1 Å². The fourth-order valence-electron chi connectivity index (χ4n) is 4.08. The van der Waals surface area contributed by atoms with Crippen molar-refractivity contribution < 1.29 is 8.81 Å². The Kier molecular flexibility index (Phi) is 6.02. The van der Waals surface area contributed by atoms with Gasteiger partial charge < -0.3 is 14.6 Å². The van der Waals surface area contributed by atoms with Gasteiger partial charge in [0, 0.05) is 24.8 Å². The van der Waals surface area contributed by atoms with Crippen LogP contribution in [-0.4, -0.2) is 28.0 Å². The van der Waals surface area contributed by atoms with Gasteiger partial charge in [0.05, 0.1) is 6.04 Å². The van der Waals surface area contributed by atoms with Crippen LogP contribution in [0.15, 0.2) is 71.3 Å². The van der Waals surface area contributed by atoms with Crippen molar-refractivity contribution in [1.82, 2.24) is 15.0 Å². The van der Waals surface area contributed by atoms with Crippen molar-refractivity contribution >= 4 is 12.0 Å². The molecule has 1 aliphatic rings. The lowest BCUT2D eigenvalue weighted by Crippen LogP contribution is -2.29. The molecule has 0 saturated carbocycles. The molecule has 0 aliphatic carbocycles. The van der Waals surface area contributed by atoms with E-state index in [4.69, 9.17) is 14.4 Å². The van der Waals surface area contributed by atoms with E-state index in [1.54, 1.807) is 18.3 Å². The van der Waals surface area contributed by atoms with Crippen molar-refractivity contribution in [1.29, 1.82) is 0 Å². The summed E-state index contributed by atoms with van der Waals surface area (Å²) >= 11 is 0. The van der Waals surface area contributed by atoms with E-state index in [1.807, 2.05) is 24.3 Å². The van der Waals surface area contributed by atoms with Gasteiger partial charge in [0.2, 0.25) is 5.95 Å². The number of piperidine rings is 1. The minimum atomic E-state index is -0.288. The van der Waals surface area contributed by atoms with Crippen LogP contribution < -0.4 is 10.2 Å². The van der Waals surface area contributed by atoms with Gasteiger partial charge in [0.1, 0.15) is 17.2 Å². The van der Waals surface area contributed by atoms with Gasteiger partial charge in [-0.1, -0.05) is 30.3 Å². The number of benzene rings is 2. The quantitative estimate of drug-likeness (QED) is 0.388. The van der Waals surface area contributed by atoms with Crippen molar-refractivity contribution in [2.45, 2.75) is 32.2 Å². The number of halogens is 1. The Morgan fingerprint density at radius 2 is 1.70 bits per heavy atom. The molecule has 0 radical (unpaired) electrons. The average molecular weight is 444 g/mol. The number of oxazole rings is 1. The predicted octanol–water partition coefficient (Wildman–Crippen LogP) is 6.10. The minimum absolute atomic E-state index is 0.0386. The van der Waals surface area contributed by atoms with Gasteiger partial charge in [0.15, 0.2) is 5.76 Å². The molecular weight excluding hydrogens is 417 g/mol. The zero-order chi connectivity index (χ0) is 22.6. The number of aromatic nitrogens is 3. The van der Waals surface area contributed by atoms with Gasteiger partial charge >= 0.3 is 0 Å². The van der Waals surface area contributed by atoms with E-state index in [1.165, 1.54) is 18.6 Å². The first-order chi connectivity index (χ1) is 16.2. The van der Waals surface area contributed by atoms with Gasteiger partial charge in [-0.3, -0.25) is 0 Å². The zero-order valence-corrected chi connectivity index (χ0v) is 18.5. The van der Waals surface area contributed by atoms with E-state index in [-0.39, 0.29) is 11.9 Å². The molecule has 4 aromatic rings. The van der Waals surface area contributed by atoms with Gasteiger partial charge in [-0.15, -0.1) is 0 Å². The number of anilines is 2. The Balaban J connectivity index is 1.50. The van der Waals surface area contributed by atoms with Crippen molar-refractivity contribution in [2.24, 2.45) is 0 Å².